The molecule has 0 N–H and O–H groups in total. The predicted molar refractivity (Wildman–Crippen MR) is 26.7 cm³/mol. The summed E-state index contributed by atoms with van der Waals surface area (Å²) in [5.74, 6) is 0. The fourth-order valence-electron chi connectivity index (χ4n) is 0.160. The summed E-state index contributed by atoms with van der Waals surface area (Å²) in [7, 11) is 0. The van der Waals surface area contributed by atoms with Crippen LogP contribution in [0.4, 0.5) is 0 Å². The minimum absolute atomic E-state index is 0.938. The van der Waals surface area contributed by atoms with E-state index in [1.807, 2.05) is 5.38 Å². The Morgan fingerprint density at radius 1 is 1.83 bits per heavy atom. The third kappa shape index (κ3) is 0.772. The van der Waals surface area contributed by atoms with Crippen LogP contribution in [0.2, 0.25) is 0 Å². The summed E-state index contributed by atoms with van der Waals surface area (Å²) in [6.45, 7) is 0. The van der Waals surface area contributed by atoms with Gasteiger partial charge in [-0.1, -0.05) is 0 Å². The van der Waals surface area contributed by atoms with Crippen LogP contribution in [0.25, 0.3) is 0 Å². The Balaban J connectivity index is 3.05. The fourth-order valence-corrected chi connectivity index (χ4v) is 1.01. The molecule has 1 rings (SSSR count). The van der Waals surface area contributed by atoms with E-state index in [9.17, 15) is 0 Å². The Labute approximate surface area is 47.6 Å². The van der Waals surface area contributed by atoms with Crippen molar-refractivity contribution in [1.29, 1.82) is 0 Å². The summed E-state index contributed by atoms with van der Waals surface area (Å²) >= 11 is 3.68. The van der Waals surface area contributed by atoms with E-state index in [1.54, 1.807) is 0 Å². The summed E-state index contributed by atoms with van der Waals surface area (Å²) in [5, 5.41) is 5.53. The molecule has 0 bridgehead atoms. The average Bonchev–Trinajstić information content (AvgIpc) is 1.86. The van der Waals surface area contributed by atoms with Crippen LogP contribution in [0.15, 0.2) is 5.38 Å². The van der Waals surface area contributed by atoms with Crippen molar-refractivity contribution in [3.05, 3.63) is 5.38 Å². The molecule has 6 heavy (non-hydrogen) atoms. The van der Waals surface area contributed by atoms with Gasteiger partial charge in [-0.05, 0) is 0 Å². The van der Waals surface area contributed by atoms with Crippen LogP contribution in [0.3, 0.4) is 0 Å². The summed E-state index contributed by atoms with van der Waals surface area (Å²) < 4.78 is 4.54. The SMILES string of the molecule is [SeH]c1csnn1. The zero-order chi connectivity index (χ0) is 4.41. The number of aromatic nitrogens is 2. The van der Waals surface area contributed by atoms with Crippen LogP contribution in [0.5, 0.6) is 0 Å². The Morgan fingerprint density at radius 2 is 2.67 bits per heavy atom. The van der Waals surface area contributed by atoms with Crippen molar-refractivity contribution in [2.75, 3.05) is 0 Å². The zero-order valence-corrected chi connectivity index (χ0v) is 5.52. The molecular formula is C2H2N2SSe. The number of rotatable bonds is 0. The van der Waals surface area contributed by atoms with Crippen LogP contribution in [0, 0.1) is 0 Å². The molecule has 0 atom stereocenters. The normalized spacial score (nSPS) is 8.83. The molecule has 0 unspecified atom stereocenters. The van der Waals surface area contributed by atoms with E-state index in [0.717, 1.165) is 4.59 Å². The van der Waals surface area contributed by atoms with Crippen LogP contribution in [0.1, 0.15) is 0 Å². The topological polar surface area (TPSA) is 25.8 Å². The molecule has 32 valence electrons. The van der Waals surface area contributed by atoms with Gasteiger partial charge in [-0.3, -0.25) is 0 Å². The van der Waals surface area contributed by atoms with Gasteiger partial charge in [-0.2, -0.15) is 0 Å². The Kier molecular flexibility index (Phi) is 1.19. The van der Waals surface area contributed by atoms with Gasteiger partial charge in [-0.25, -0.2) is 0 Å². The number of nitrogens with zero attached hydrogens (tertiary/aromatic N) is 2. The molecule has 1 aromatic heterocycles. The Bertz CT molecular complexity index is 115. The Morgan fingerprint density at radius 3 is 2.83 bits per heavy atom. The minimum atomic E-state index is 0.938. The second-order valence-corrected chi connectivity index (χ2v) is 2.33. The third-order valence-electron chi connectivity index (χ3n) is 0.349. The summed E-state index contributed by atoms with van der Waals surface area (Å²) in [6, 6.07) is 0. The molecular weight excluding hydrogens is 163 g/mol. The molecule has 0 spiro atoms. The van der Waals surface area contributed by atoms with Crippen molar-refractivity contribution in [2.24, 2.45) is 0 Å². The van der Waals surface area contributed by atoms with Crippen LogP contribution >= 0.6 is 11.5 Å². The van der Waals surface area contributed by atoms with E-state index in [2.05, 4.69) is 25.6 Å². The number of hydrogen-bond donors (Lipinski definition) is 0. The molecule has 0 amide bonds. The average molecular weight is 165 g/mol. The van der Waals surface area contributed by atoms with Crippen LogP contribution in [-0.2, 0) is 0 Å². The molecule has 0 fully saturated rings. The van der Waals surface area contributed by atoms with Gasteiger partial charge in [0.1, 0.15) is 0 Å². The van der Waals surface area contributed by atoms with E-state index in [0.29, 0.717) is 0 Å². The van der Waals surface area contributed by atoms with E-state index in [-0.39, 0.29) is 0 Å². The van der Waals surface area contributed by atoms with Gasteiger partial charge >= 0.3 is 47.1 Å². The fraction of sp³-hybridized carbons (Fsp3) is 0. The van der Waals surface area contributed by atoms with Crippen molar-refractivity contribution in [3.63, 3.8) is 0 Å². The van der Waals surface area contributed by atoms with Crippen molar-refractivity contribution in [3.8, 4) is 0 Å². The van der Waals surface area contributed by atoms with E-state index in [4.69, 9.17) is 0 Å². The molecule has 1 heterocycles. The van der Waals surface area contributed by atoms with Gasteiger partial charge in [-0.15, -0.1) is 0 Å². The second-order valence-electron chi connectivity index (χ2n) is 0.763. The Hall–Kier alpha value is 0.0795. The van der Waals surface area contributed by atoms with E-state index >= 15 is 0 Å². The quantitative estimate of drug-likeness (QED) is 0.464. The van der Waals surface area contributed by atoms with Crippen LogP contribution in [-0.4, -0.2) is 25.6 Å². The molecule has 0 aromatic carbocycles. The van der Waals surface area contributed by atoms with Crippen molar-refractivity contribution in [2.45, 2.75) is 0 Å². The van der Waals surface area contributed by atoms with E-state index < -0.39 is 0 Å². The summed E-state index contributed by atoms with van der Waals surface area (Å²) in [6.07, 6.45) is 0. The van der Waals surface area contributed by atoms with Crippen molar-refractivity contribution >= 4 is 32.1 Å². The molecule has 2 nitrogen and oxygen atoms in total. The van der Waals surface area contributed by atoms with Gasteiger partial charge in [0.05, 0.1) is 0 Å². The first-order chi connectivity index (χ1) is 2.89. The maximum absolute atomic E-state index is 3.66. The molecule has 0 aliphatic heterocycles. The molecule has 0 aliphatic carbocycles. The first-order valence-electron chi connectivity index (χ1n) is 1.35. The standard InChI is InChI=1S/C2H2N2SSe/c6-2-1-5-4-3-2/h1,6H. The molecule has 0 radical (unpaired) electrons. The maximum atomic E-state index is 3.66. The molecule has 0 aliphatic rings. The first kappa shape index (κ1) is 4.24. The molecule has 1 aromatic rings. The summed E-state index contributed by atoms with van der Waals surface area (Å²) in [4.78, 5) is 0. The molecule has 0 saturated heterocycles. The van der Waals surface area contributed by atoms with Gasteiger partial charge in [0.25, 0.3) is 0 Å². The number of hydrogen-bond acceptors (Lipinski definition) is 3. The summed E-state index contributed by atoms with van der Waals surface area (Å²) in [5.41, 5.74) is 0. The zero-order valence-electron chi connectivity index (χ0n) is 2.83. The first-order valence-corrected chi connectivity index (χ1v) is 3.13. The van der Waals surface area contributed by atoms with Gasteiger partial charge in [0.2, 0.25) is 0 Å². The molecule has 4 heteroatoms. The van der Waals surface area contributed by atoms with Crippen LogP contribution < -0.4 is 4.59 Å². The third-order valence-corrected chi connectivity index (χ3v) is 1.69. The van der Waals surface area contributed by atoms with Gasteiger partial charge < -0.3 is 0 Å². The van der Waals surface area contributed by atoms with Crippen molar-refractivity contribution in [1.82, 2.24) is 9.59 Å². The second kappa shape index (κ2) is 1.69. The monoisotopic (exact) mass is 166 g/mol. The predicted octanol–water partition coefficient (Wildman–Crippen LogP) is -0.936. The van der Waals surface area contributed by atoms with Gasteiger partial charge in [0.15, 0.2) is 0 Å². The van der Waals surface area contributed by atoms with Gasteiger partial charge in [0, 0.05) is 0 Å². The molecule has 0 saturated carbocycles. The van der Waals surface area contributed by atoms with Crippen molar-refractivity contribution < 1.29 is 0 Å². The van der Waals surface area contributed by atoms with E-state index in [1.165, 1.54) is 11.5 Å².